The average molecular weight is 359 g/mol. The molecule has 0 spiro atoms. The maximum atomic E-state index is 13.3. The van der Waals surface area contributed by atoms with Gasteiger partial charge in [-0.15, -0.1) is 0 Å². The van der Waals surface area contributed by atoms with E-state index in [1.165, 1.54) is 0 Å². The SMILES string of the molecule is CC[C@@H]1c2cccn2-c2ccccc2CN1C(=O)Nc1cc(C)ccc1C. The molecular formula is C23H25N3O. The number of fused-ring (bicyclic) bond motifs is 3. The quantitative estimate of drug-likeness (QED) is 0.636. The Hall–Kier alpha value is -3.01. The Labute approximate surface area is 160 Å². The van der Waals surface area contributed by atoms with Gasteiger partial charge in [-0.05, 0) is 61.2 Å². The van der Waals surface area contributed by atoms with Gasteiger partial charge in [0.25, 0.3) is 0 Å². The molecule has 0 radical (unpaired) electrons. The number of nitrogens with one attached hydrogen (secondary N) is 1. The molecule has 138 valence electrons. The van der Waals surface area contributed by atoms with Crippen molar-refractivity contribution >= 4 is 11.7 Å². The zero-order valence-corrected chi connectivity index (χ0v) is 16.1. The highest BCUT2D eigenvalue weighted by molar-refractivity contribution is 5.90. The van der Waals surface area contributed by atoms with Gasteiger partial charge in [0.1, 0.15) is 0 Å². The molecule has 1 aliphatic rings. The molecule has 2 heterocycles. The summed E-state index contributed by atoms with van der Waals surface area (Å²) in [6, 6.07) is 18.6. The van der Waals surface area contributed by atoms with Gasteiger partial charge in [-0.25, -0.2) is 4.79 Å². The summed E-state index contributed by atoms with van der Waals surface area (Å²) in [7, 11) is 0. The van der Waals surface area contributed by atoms with Crippen molar-refractivity contribution < 1.29 is 4.79 Å². The summed E-state index contributed by atoms with van der Waals surface area (Å²) in [6.45, 7) is 6.79. The summed E-state index contributed by atoms with van der Waals surface area (Å²) in [5.74, 6) is 0. The number of hydrogen-bond acceptors (Lipinski definition) is 1. The summed E-state index contributed by atoms with van der Waals surface area (Å²) in [5.41, 5.74) is 6.54. The lowest BCUT2D eigenvalue weighted by molar-refractivity contribution is 0.181. The normalized spacial score (nSPS) is 15.7. The van der Waals surface area contributed by atoms with E-state index < -0.39 is 0 Å². The molecule has 1 atom stereocenters. The van der Waals surface area contributed by atoms with Crippen LogP contribution in [0.1, 0.15) is 41.8 Å². The molecule has 2 amide bonds. The molecule has 0 bridgehead atoms. The number of aryl methyl sites for hydroxylation is 2. The molecule has 0 aliphatic carbocycles. The number of amides is 2. The summed E-state index contributed by atoms with van der Waals surface area (Å²) in [6.07, 6.45) is 2.95. The molecule has 0 saturated carbocycles. The van der Waals surface area contributed by atoms with Crippen LogP contribution >= 0.6 is 0 Å². The van der Waals surface area contributed by atoms with Crippen molar-refractivity contribution in [2.75, 3.05) is 5.32 Å². The molecule has 0 fully saturated rings. The van der Waals surface area contributed by atoms with Crippen LogP contribution in [0.15, 0.2) is 60.8 Å². The molecule has 1 aromatic heterocycles. The smallest absolute Gasteiger partial charge is 0.318 e. The van der Waals surface area contributed by atoms with E-state index in [1.807, 2.05) is 36.9 Å². The van der Waals surface area contributed by atoms with Gasteiger partial charge in [-0.2, -0.15) is 0 Å². The van der Waals surface area contributed by atoms with Gasteiger partial charge in [0.15, 0.2) is 0 Å². The number of hydrogen-bond donors (Lipinski definition) is 1. The molecule has 4 nitrogen and oxygen atoms in total. The van der Waals surface area contributed by atoms with Crippen molar-refractivity contribution in [1.29, 1.82) is 0 Å². The van der Waals surface area contributed by atoms with Gasteiger partial charge in [0.2, 0.25) is 0 Å². The molecule has 0 saturated heterocycles. The molecule has 27 heavy (non-hydrogen) atoms. The van der Waals surface area contributed by atoms with Crippen LogP contribution in [-0.4, -0.2) is 15.5 Å². The van der Waals surface area contributed by atoms with Crippen LogP contribution in [0.4, 0.5) is 10.5 Å². The number of urea groups is 1. The molecule has 1 aliphatic heterocycles. The van der Waals surface area contributed by atoms with E-state index in [2.05, 4.69) is 59.4 Å². The molecular weight excluding hydrogens is 334 g/mol. The Morgan fingerprint density at radius 2 is 1.93 bits per heavy atom. The highest BCUT2D eigenvalue weighted by atomic mass is 16.2. The Morgan fingerprint density at radius 1 is 1.11 bits per heavy atom. The number of carbonyl (C=O) groups excluding carboxylic acids is 1. The molecule has 1 N–H and O–H groups in total. The predicted molar refractivity (Wildman–Crippen MR) is 109 cm³/mol. The van der Waals surface area contributed by atoms with Crippen molar-refractivity contribution in [3.8, 4) is 5.69 Å². The van der Waals surface area contributed by atoms with E-state index in [0.29, 0.717) is 6.54 Å². The van der Waals surface area contributed by atoms with Crippen LogP contribution < -0.4 is 5.32 Å². The van der Waals surface area contributed by atoms with E-state index in [0.717, 1.165) is 40.2 Å². The third kappa shape index (κ3) is 3.12. The third-order valence-corrected chi connectivity index (χ3v) is 5.37. The van der Waals surface area contributed by atoms with Crippen LogP contribution in [-0.2, 0) is 6.54 Å². The number of para-hydroxylation sites is 1. The number of carbonyl (C=O) groups is 1. The number of benzene rings is 2. The first-order chi connectivity index (χ1) is 13.1. The minimum absolute atomic E-state index is 0.0255. The maximum absolute atomic E-state index is 13.3. The van der Waals surface area contributed by atoms with Gasteiger partial charge >= 0.3 is 6.03 Å². The van der Waals surface area contributed by atoms with Crippen LogP contribution in [0.2, 0.25) is 0 Å². The molecule has 0 unspecified atom stereocenters. The topological polar surface area (TPSA) is 37.3 Å². The fourth-order valence-electron chi connectivity index (χ4n) is 3.92. The first-order valence-electron chi connectivity index (χ1n) is 9.49. The number of nitrogens with zero attached hydrogens (tertiary/aromatic N) is 2. The van der Waals surface area contributed by atoms with E-state index in [9.17, 15) is 4.79 Å². The van der Waals surface area contributed by atoms with Gasteiger partial charge in [0.05, 0.1) is 18.3 Å². The zero-order valence-electron chi connectivity index (χ0n) is 16.1. The van der Waals surface area contributed by atoms with Crippen molar-refractivity contribution in [2.45, 2.75) is 39.8 Å². The first kappa shape index (κ1) is 17.4. The number of aromatic nitrogens is 1. The average Bonchev–Trinajstić information content (AvgIpc) is 3.09. The van der Waals surface area contributed by atoms with E-state index in [1.54, 1.807) is 0 Å². The molecule has 2 aromatic carbocycles. The Morgan fingerprint density at radius 3 is 2.74 bits per heavy atom. The maximum Gasteiger partial charge on any atom is 0.322 e. The lowest BCUT2D eigenvalue weighted by Crippen LogP contribution is -2.37. The fourth-order valence-corrected chi connectivity index (χ4v) is 3.92. The minimum atomic E-state index is -0.0556. The monoisotopic (exact) mass is 359 g/mol. The van der Waals surface area contributed by atoms with Gasteiger partial charge in [0, 0.05) is 17.6 Å². The van der Waals surface area contributed by atoms with Crippen molar-refractivity contribution in [3.63, 3.8) is 0 Å². The highest BCUT2D eigenvalue weighted by Crippen LogP contribution is 2.34. The zero-order chi connectivity index (χ0) is 19.0. The summed E-state index contributed by atoms with van der Waals surface area (Å²) < 4.78 is 2.22. The van der Waals surface area contributed by atoms with Crippen LogP contribution in [0.5, 0.6) is 0 Å². The van der Waals surface area contributed by atoms with Gasteiger partial charge in [-0.3, -0.25) is 0 Å². The van der Waals surface area contributed by atoms with E-state index in [-0.39, 0.29) is 12.1 Å². The van der Waals surface area contributed by atoms with E-state index in [4.69, 9.17) is 0 Å². The lowest BCUT2D eigenvalue weighted by Gasteiger charge is -2.30. The minimum Gasteiger partial charge on any atom is -0.318 e. The molecule has 3 aromatic rings. The fraction of sp³-hybridized carbons (Fsp3) is 0.261. The standard InChI is InChI=1S/C23H25N3O/c1-4-20-22-10-7-13-25(22)21-9-6-5-8-18(21)15-26(20)23(27)24-19-14-16(2)11-12-17(19)3/h5-14,20H,4,15H2,1-3H3,(H,24,27)/t20-/m1/s1. The Kier molecular flexibility index (Phi) is 4.48. The molecule has 4 rings (SSSR count). The first-order valence-corrected chi connectivity index (χ1v) is 9.49. The van der Waals surface area contributed by atoms with Crippen molar-refractivity contribution in [3.05, 3.63) is 83.2 Å². The lowest BCUT2D eigenvalue weighted by atomic mass is 10.1. The van der Waals surface area contributed by atoms with Crippen LogP contribution in [0.25, 0.3) is 5.69 Å². The van der Waals surface area contributed by atoms with Gasteiger partial charge in [-0.1, -0.05) is 37.3 Å². The molecule has 4 heteroatoms. The Balaban J connectivity index is 1.74. The summed E-state index contributed by atoms with van der Waals surface area (Å²) in [5, 5.41) is 3.14. The van der Waals surface area contributed by atoms with Crippen molar-refractivity contribution in [2.24, 2.45) is 0 Å². The third-order valence-electron chi connectivity index (χ3n) is 5.37. The second kappa shape index (κ2) is 6.95. The highest BCUT2D eigenvalue weighted by Gasteiger charge is 2.30. The second-order valence-electron chi connectivity index (χ2n) is 7.23. The van der Waals surface area contributed by atoms with Crippen LogP contribution in [0.3, 0.4) is 0 Å². The van der Waals surface area contributed by atoms with Gasteiger partial charge < -0.3 is 14.8 Å². The van der Waals surface area contributed by atoms with Crippen molar-refractivity contribution in [1.82, 2.24) is 9.47 Å². The summed E-state index contributed by atoms with van der Waals surface area (Å²) in [4.78, 5) is 15.3. The summed E-state index contributed by atoms with van der Waals surface area (Å²) >= 11 is 0. The van der Waals surface area contributed by atoms with E-state index >= 15 is 0 Å². The largest absolute Gasteiger partial charge is 0.322 e. The second-order valence-corrected chi connectivity index (χ2v) is 7.23. The number of anilines is 1. The predicted octanol–water partition coefficient (Wildman–Crippen LogP) is 5.59. The Bertz CT molecular complexity index is 989. The number of rotatable bonds is 2. The van der Waals surface area contributed by atoms with Crippen LogP contribution in [0, 0.1) is 13.8 Å².